The van der Waals surface area contributed by atoms with Crippen molar-refractivity contribution in [2.75, 3.05) is 44.8 Å². The highest BCUT2D eigenvalue weighted by Gasteiger charge is 2.17. The van der Waals surface area contributed by atoms with E-state index in [1.807, 2.05) is 0 Å². The molecule has 0 amide bonds. The number of nitrogen functional groups attached to an aromatic ring is 1. The summed E-state index contributed by atoms with van der Waals surface area (Å²) >= 11 is 1.37. The number of rotatable bonds is 5. The number of hydrogen-bond acceptors (Lipinski definition) is 6. The van der Waals surface area contributed by atoms with Crippen LogP contribution in [0.5, 0.6) is 5.75 Å². The first-order valence-electron chi connectivity index (χ1n) is 6.42. The highest BCUT2D eigenvalue weighted by Crippen LogP contribution is 2.34. The number of nitrogens with two attached hydrogens (primary N) is 1. The molecule has 0 bridgehead atoms. The maximum absolute atomic E-state index is 5.71. The zero-order valence-electron chi connectivity index (χ0n) is 11.1. The second-order valence-corrected chi connectivity index (χ2v) is 5.67. The molecule has 102 valence electrons. The second kappa shape index (κ2) is 6.24. The molecule has 3 N–H and O–H groups in total. The first kappa shape index (κ1) is 13.4. The molecule has 18 heavy (non-hydrogen) atoms. The van der Waals surface area contributed by atoms with Crippen LogP contribution in [0.25, 0.3) is 0 Å². The number of hydrogen-bond donors (Lipinski definition) is 2. The molecule has 2 heterocycles. The number of anilines is 2. The van der Waals surface area contributed by atoms with Gasteiger partial charge in [0.2, 0.25) is 0 Å². The number of nitrogens with one attached hydrogen (secondary N) is 1. The van der Waals surface area contributed by atoms with Gasteiger partial charge in [0.1, 0.15) is 0 Å². The van der Waals surface area contributed by atoms with Gasteiger partial charge in [-0.3, -0.25) is 0 Å². The van der Waals surface area contributed by atoms with Crippen LogP contribution in [-0.2, 0) is 0 Å². The Balaban J connectivity index is 1.75. The average molecular weight is 270 g/mol. The van der Waals surface area contributed by atoms with Crippen LogP contribution in [0.4, 0.5) is 10.8 Å². The van der Waals surface area contributed by atoms with Crippen molar-refractivity contribution in [3.05, 3.63) is 0 Å². The van der Waals surface area contributed by atoms with E-state index < -0.39 is 0 Å². The fourth-order valence-corrected chi connectivity index (χ4v) is 3.05. The molecule has 0 aromatic carbocycles. The number of piperidine rings is 1. The van der Waals surface area contributed by atoms with Crippen LogP contribution >= 0.6 is 11.5 Å². The second-order valence-electron chi connectivity index (χ2n) is 4.89. The Morgan fingerprint density at radius 2 is 2.22 bits per heavy atom. The van der Waals surface area contributed by atoms with Gasteiger partial charge in [-0.2, -0.15) is 4.37 Å². The lowest BCUT2D eigenvalue weighted by Crippen LogP contribution is -2.30. The Morgan fingerprint density at radius 1 is 1.50 bits per heavy atom. The standard InChI is InChI=1S/C12H22N4OS/c1-16-7-4-9(5-8-16)3-6-14-12-10(17-2)11(13)15-18-12/h9,14H,3-8H2,1-2H3,(H2,13,15). The molecular formula is C12H22N4OS. The monoisotopic (exact) mass is 270 g/mol. The molecule has 1 fully saturated rings. The molecule has 1 aliphatic rings. The Labute approximate surface area is 112 Å². The predicted molar refractivity (Wildman–Crippen MR) is 76.4 cm³/mol. The minimum atomic E-state index is 0.476. The van der Waals surface area contributed by atoms with E-state index in [0.29, 0.717) is 11.6 Å². The number of ether oxygens (including phenoxy) is 1. The van der Waals surface area contributed by atoms with E-state index in [1.165, 1.54) is 43.9 Å². The van der Waals surface area contributed by atoms with Crippen molar-refractivity contribution in [2.45, 2.75) is 19.3 Å². The Bertz CT molecular complexity index is 374. The van der Waals surface area contributed by atoms with Gasteiger partial charge in [0.15, 0.2) is 16.6 Å². The normalized spacial score (nSPS) is 17.9. The molecule has 0 saturated carbocycles. The zero-order valence-corrected chi connectivity index (χ0v) is 11.9. The fourth-order valence-electron chi connectivity index (χ4n) is 2.34. The van der Waals surface area contributed by atoms with Crippen molar-refractivity contribution in [1.82, 2.24) is 9.27 Å². The lowest BCUT2D eigenvalue weighted by molar-refractivity contribution is 0.215. The first-order chi connectivity index (χ1) is 8.70. The Hall–Kier alpha value is -1.01. The number of methoxy groups -OCH3 is 1. The number of likely N-dealkylation sites (tertiary alicyclic amines) is 1. The molecule has 0 unspecified atom stereocenters. The summed E-state index contributed by atoms with van der Waals surface area (Å²) in [6.07, 6.45) is 3.81. The Kier molecular flexibility index (Phi) is 4.66. The van der Waals surface area contributed by atoms with Crippen LogP contribution in [0.3, 0.4) is 0 Å². The maximum atomic E-state index is 5.71. The lowest BCUT2D eigenvalue weighted by Gasteiger charge is -2.28. The van der Waals surface area contributed by atoms with Crippen LogP contribution in [0, 0.1) is 5.92 Å². The zero-order chi connectivity index (χ0) is 13.0. The summed E-state index contributed by atoms with van der Waals surface area (Å²) in [6, 6.07) is 0. The van der Waals surface area contributed by atoms with Crippen LogP contribution in [0.15, 0.2) is 0 Å². The van der Waals surface area contributed by atoms with E-state index >= 15 is 0 Å². The van der Waals surface area contributed by atoms with Crippen molar-refractivity contribution in [3.63, 3.8) is 0 Å². The molecule has 0 spiro atoms. The van der Waals surface area contributed by atoms with Gasteiger partial charge < -0.3 is 20.7 Å². The smallest absolute Gasteiger partial charge is 0.197 e. The van der Waals surface area contributed by atoms with E-state index in [1.54, 1.807) is 7.11 Å². The van der Waals surface area contributed by atoms with Crippen LogP contribution in [0.1, 0.15) is 19.3 Å². The van der Waals surface area contributed by atoms with Gasteiger partial charge in [-0.25, -0.2) is 0 Å². The van der Waals surface area contributed by atoms with Crippen molar-refractivity contribution in [2.24, 2.45) is 5.92 Å². The molecule has 0 atom stereocenters. The predicted octanol–water partition coefficient (Wildman–Crippen LogP) is 1.88. The highest BCUT2D eigenvalue weighted by atomic mass is 32.1. The van der Waals surface area contributed by atoms with Crippen LogP contribution < -0.4 is 15.8 Å². The summed E-state index contributed by atoms with van der Waals surface area (Å²) in [5.41, 5.74) is 5.71. The lowest BCUT2D eigenvalue weighted by atomic mass is 9.94. The van der Waals surface area contributed by atoms with Gasteiger partial charge in [0.05, 0.1) is 7.11 Å². The van der Waals surface area contributed by atoms with Crippen molar-refractivity contribution >= 4 is 22.4 Å². The summed E-state index contributed by atoms with van der Waals surface area (Å²) in [6.45, 7) is 3.41. The number of nitrogens with zero attached hydrogens (tertiary/aromatic N) is 2. The van der Waals surface area contributed by atoms with Gasteiger partial charge >= 0.3 is 0 Å². The molecule has 2 rings (SSSR count). The van der Waals surface area contributed by atoms with Crippen molar-refractivity contribution < 1.29 is 4.74 Å². The molecule has 6 heteroatoms. The van der Waals surface area contributed by atoms with Gasteiger partial charge in [-0.15, -0.1) is 0 Å². The summed E-state index contributed by atoms with van der Waals surface area (Å²) in [5.74, 6) is 2.00. The van der Waals surface area contributed by atoms with E-state index in [4.69, 9.17) is 10.5 Å². The van der Waals surface area contributed by atoms with E-state index in [2.05, 4.69) is 21.6 Å². The van der Waals surface area contributed by atoms with Crippen LogP contribution in [-0.4, -0.2) is 43.1 Å². The fraction of sp³-hybridized carbons (Fsp3) is 0.750. The van der Waals surface area contributed by atoms with E-state index in [-0.39, 0.29) is 0 Å². The third kappa shape index (κ3) is 3.26. The summed E-state index contributed by atoms with van der Waals surface area (Å²) in [4.78, 5) is 2.40. The molecule has 0 radical (unpaired) electrons. The molecule has 1 aliphatic heterocycles. The molecule has 1 saturated heterocycles. The van der Waals surface area contributed by atoms with Gasteiger partial charge in [-0.05, 0) is 56.9 Å². The SMILES string of the molecule is COc1c(N)nsc1NCCC1CCN(C)CC1. The maximum Gasteiger partial charge on any atom is 0.197 e. The third-order valence-electron chi connectivity index (χ3n) is 3.55. The Morgan fingerprint density at radius 3 is 2.89 bits per heavy atom. The largest absolute Gasteiger partial charge is 0.490 e. The minimum Gasteiger partial charge on any atom is -0.490 e. The van der Waals surface area contributed by atoms with Gasteiger partial charge in [0.25, 0.3) is 0 Å². The number of aromatic nitrogens is 1. The third-order valence-corrected chi connectivity index (χ3v) is 4.35. The van der Waals surface area contributed by atoms with Crippen molar-refractivity contribution in [1.29, 1.82) is 0 Å². The van der Waals surface area contributed by atoms with E-state index in [9.17, 15) is 0 Å². The molecular weight excluding hydrogens is 248 g/mol. The molecule has 1 aromatic rings. The first-order valence-corrected chi connectivity index (χ1v) is 7.19. The van der Waals surface area contributed by atoms with Gasteiger partial charge in [0, 0.05) is 6.54 Å². The highest BCUT2D eigenvalue weighted by molar-refractivity contribution is 7.11. The van der Waals surface area contributed by atoms with Crippen LogP contribution in [0.2, 0.25) is 0 Å². The summed E-state index contributed by atoms with van der Waals surface area (Å²) < 4.78 is 9.31. The van der Waals surface area contributed by atoms with Gasteiger partial charge in [-0.1, -0.05) is 0 Å². The molecule has 0 aliphatic carbocycles. The summed E-state index contributed by atoms with van der Waals surface area (Å²) in [7, 11) is 3.82. The van der Waals surface area contributed by atoms with Crippen molar-refractivity contribution in [3.8, 4) is 5.75 Å². The minimum absolute atomic E-state index is 0.476. The van der Waals surface area contributed by atoms with E-state index in [0.717, 1.165) is 17.5 Å². The average Bonchev–Trinajstić information content (AvgIpc) is 2.72. The quantitative estimate of drug-likeness (QED) is 0.855. The summed E-state index contributed by atoms with van der Waals surface area (Å²) in [5, 5.41) is 4.33. The topological polar surface area (TPSA) is 63.4 Å². The molecule has 5 nitrogen and oxygen atoms in total. The molecule has 1 aromatic heterocycles.